The molecule has 0 saturated carbocycles. The zero-order valence-corrected chi connectivity index (χ0v) is 25.3. The van der Waals surface area contributed by atoms with Gasteiger partial charge < -0.3 is 10.2 Å². The van der Waals surface area contributed by atoms with Gasteiger partial charge in [0.25, 0.3) is 0 Å². The van der Waals surface area contributed by atoms with Gasteiger partial charge in [-0.25, -0.2) is 0 Å². The second-order valence-electron chi connectivity index (χ2n) is 13.7. The van der Waals surface area contributed by atoms with Crippen molar-refractivity contribution >= 4 is 23.1 Å². The molecule has 1 unspecified atom stereocenters. The van der Waals surface area contributed by atoms with Crippen LogP contribution >= 0.6 is 0 Å². The maximum atomic E-state index is 3.96. The Bertz CT molecular complexity index is 2020. The second kappa shape index (κ2) is 8.51. The monoisotopic (exact) mass is 556 g/mol. The fourth-order valence-electron chi connectivity index (χ4n) is 8.59. The van der Waals surface area contributed by atoms with Crippen LogP contribution in [0.1, 0.15) is 79.2 Å². The van der Waals surface area contributed by atoms with Crippen molar-refractivity contribution < 1.29 is 0 Å². The SMILES string of the molecule is CC1(C)c2ccccc2-c2c(-c3ccc4c(c3)C(C)(C)c3ccc5c(c3C3Nc6ccccc6N43)CCC=C5)cccc21. The van der Waals surface area contributed by atoms with Crippen molar-refractivity contribution in [3.8, 4) is 22.3 Å². The molecule has 2 nitrogen and oxygen atoms in total. The first-order valence-electron chi connectivity index (χ1n) is 15.7. The summed E-state index contributed by atoms with van der Waals surface area (Å²) < 4.78 is 0. The highest BCUT2D eigenvalue weighted by Gasteiger charge is 2.44. The highest BCUT2D eigenvalue weighted by Crippen LogP contribution is 2.57. The summed E-state index contributed by atoms with van der Waals surface area (Å²) in [6, 6.07) is 36.8. The molecule has 0 radical (unpaired) electrons. The van der Waals surface area contributed by atoms with E-state index in [-0.39, 0.29) is 17.0 Å². The first-order chi connectivity index (χ1) is 20.9. The Kier molecular flexibility index (Phi) is 4.94. The summed E-state index contributed by atoms with van der Waals surface area (Å²) in [6.07, 6.45) is 6.89. The number of hydrogen-bond donors (Lipinski definition) is 1. The van der Waals surface area contributed by atoms with Crippen molar-refractivity contribution in [1.29, 1.82) is 0 Å². The van der Waals surface area contributed by atoms with Crippen LogP contribution in [0.25, 0.3) is 28.3 Å². The fourth-order valence-corrected chi connectivity index (χ4v) is 8.59. The molecule has 4 aliphatic rings. The zero-order chi connectivity index (χ0) is 29.1. The van der Waals surface area contributed by atoms with Crippen LogP contribution in [0.4, 0.5) is 17.1 Å². The molecule has 9 rings (SSSR count). The number of nitrogens with zero attached hydrogens (tertiary/aromatic N) is 1. The van der Waals surface area contributed by atoms with E-state index < -0.39 is 0 Å². The van der Waals surface area contributed by atoms with E-state index in [1.165, 1.54) is 78.3 Å². The van der Waals surface area contributed by atoms with Gasteiger partial charge in [0.1, 0.15) is 6.17 Å². The predicted molar refractivity (Wildman–Crippen MR) is 180 cm³/mol. The van der Waals surface area contributed by atoms with Crippen molar-refractivity contribution in [2.45, 2.75) is 57.5 Å². The molecule has 0 saturated heterocycles. The molecular weight excluding hydrogens is 520 g/mol. The topological polar surface area (TPSA) is 15.3 Å². The van der Waals surface area contributed by atoms with Gasteiger partial charge in [0.2, 0.25) is 0 Å². The van der Waals surface area contributed by atoms with Crippen LogP contribution in [0.2, 0.25) is 0 Å². The van der Waals surface area contributed by atoms with Gasteiger partial charge in [0, 0.05) is 22.1 Å². The molecular formula is C41H36N2. The van der Waals surface area contributed by atoms with E-state index in [1.807, 2.05) is 0 Å². The second-order valence-corrected chi connectivity index (χ2v) is 13.7. The standard InChI is InChI=1S/C41H36N2/c1-40(2)30-16-8-7-14-29(30)37-28(15-11-17-31(37)40)26-21-23-35-33(24-26)41(3,4)32-22-20-25-12-5-6-13-27(25)38(32)39-42-34-18-9-10-19-36(34)43(35)39/h5,7-12,14-24,39,42H,6,13H2,1-4H3. The van der Waals surface area contributed by atoms with Crippen LogP contribution < -0.4 is 10.2 Å². The van der Waals surface area contributed by atoms with Gasteiger partial charge in [0.15, 0.2) is 0 Å². The summed E-state index contributed by atoms with van der Waals surface area (Å²) >= 11 is 0. The largest absolute Gasteiger partial charge is 0.359 e. The minimum absolute atomic E-state index is 0.0163. The number of allylic oxidation sites excluding steroid dienone is 1. The lowest BCUT2D eigenvalue weighted by Crippen LogP contribution is -2.25. The van der Waals surface area contributed by atoms with Crippen LogP contribution in [0, 0.1) is 0 Å². The van der Waals surface area contributed by atoms with E-state index in [0.29, 0.717) is 0 Å². The summed E-state index contributed by atoms with van der Waals surface area (Å²) in [5, 5.41) is 3.96. The Hall–Kier alpha value is -4.56. The highest BCUT2D eigenvalue weighted by atomic mass is 15.3. The fraction of sp³-hybridized carbons (Fsp3) is 0.220. The average Bonchev–Trinajstić information content (AvgIpc) is 3.50. The third-order valence-corrected chi connectivity index (χ3v) is 10.8. The Morgan fingerprint density at radius 2 is 1.44 bits per heavy atom. The first-order valence-corrected chi connectivity index (χ1v) is 15.7. The zero-order valence-electron chi connectivity index (χ0n) is 25.3. The number of nitrogens with one attached hydrogen (secondary N) is 1. The van der Waals surface area contributed by atoms with Crippen molar-refractivity contribution in [3.05, 3.63) is 142 Å². The van der Waals surface area contributed by atoms with Crippen LogP contribution in [-0.4, -0.2) is 0 Å². The lowest BCUT2D eigenvalue weighted by Gasteiger charge is -2.31. The molecule has 2 aliphatic carbocycles. The van der Waals surface area contributed by atoms with E-state index in [2.05, 4.69) is 147 Å². The summed E-state index contributed by atoms with van der Waals surface area (Å²) in [7, 11) is 0. The van der Waals surface area contributed by atoms with Gasteiger partial charge in [-0.1, -0.05) is 113 Å². The Morgan fingerprint density at radius 1 is 0.674 bits per heavy atom. The van der Waals surface area contributed by atoms with Gasteiger partial charge in [0.05, 0.1) is 11.4 Å². The summed E-state index contributed by atoms with van der Waals surface area (Å²) in [4.78, 5) is 2.58. The molecule has 0 fully saturated rings. The number of fused-ring (bicyclic) bond motifs is 12. The quantitative estimate of drug-likeness (QED) is 0.221. The number of hydrogen-bond acceptors (Lipinski definition) is 2. The molecule has 2 aliphatic heterocycles. The van der Waals surface area contributed by atoms with Crippen LogP contribution in [0.15, 0.2) is 103 Å². The van der Waals surface area contributed by atoms with Crippen molar-refractivity contribution in [2.75, 3.05) is 10.2 Å². The summed E-state index contributed by atoms with van der Waals surface area (Å²) in [6.45, 7) is 9.60. The molecule has 43 heavy (non-hydrogen) atoms. The average molecular weight is 557 g/mol. The van der Waals surface area contributed by atoms with Crippen LogP contribution in [0.5, 0.6) is 0 Å². The molecule has 1 N–H and O–H groups in total. The van der Waals surface area contributed by atoms with Gasteiger partial charge in [-0.3, -0.25) is 0 Å². The lowest BCUT2D eigenvalue weighted by atomic mass is 9.73. The Morgan fingerprint density at radius 3 is 2.35 bits per heavy atom. The number of anilines is 3. The van der Waals surface area contributed by atoms with E-state index in [9.17, 15) is 0 Å². The van der Waals surface area contributed by atoms with Gasteiger partial charge in [-0.2, -0.15) is 0 Å². The van der Waals surface area contributed by atoms with E-state index >= 15 is 0 Å². The maximum absolute atomic E-state index is 3.96. The molecule has 0 spiro atoms. The Balaban J connectivity index is 1.32. The van der Waals surface area contributed by atoms with E-state index in [4.69, 9.17) is 0 Å². The molecule has 2 heteroatoms. The maximum Gasteiger partial charge on any atom is 0.131 e. The number of benzene rings is 5. The first kappa shape index (κ1) is 25.0. The van der Waals surface area contributed by atoms with Gasteiger partial charge >= 0.3 is 0 Å². The van der Waals surface area contributed by atoms with Crippen molar-refractivity contribution in [1.82, 2.24) is 0 Å². The smallest absolute Gasteiger partial charge is 0.131 e. The number of para-hydroxylation sites is 2. The van der Waals surface area contributed by atoms with E-state index in [1.54, 1.807) is 0 Å². The van der Waals surface area contributed by atoms with Crippen molar-refractivity contribution in [2.24, 2.45) is 0 Å². The molecule has 0 bridgehead atoms. The lowest BCUT2D eigenvalue weighted by molar-refractivity contribution is 0.636. The third kappa shape index (κ3) is 3.24. The third-order valence-electron chi connectivity index (χ3n) is 10.8. The van der Waals surface area contributed by atoms with Crippen molar-refractivity contribution in [3.63, 3.8) is 0 Å². The molecule has 0 aromatic heterocycles. The molecule has 210 valence electrons. The molecule has 0 amide bonds. The minimum Gasteiger partial charge on any atom is -0.359 e. The Labute approximate surface area is 254 Å². The van der Waals surface area contributed by atoms with Crippen LogP contribution in [0.3, 0.4) is 0 Å². The summed E-state index contributed by atoms with van der Waals surface area (Å²) in [5.74, 6) is 0. The number of rotatable bonds is 1. The molecule has 1 atom stereocenters. The van der Waals surface area contributed by atoms with Crippen LogP contribution in [-0.2, 0) is 17.3 Å². The van der Waals surface area contributed by atoms with Gasteiger partial charge in [-0.05, 0) is 92.7 Å². The minimum atomic E-state index is -0.188. The predicted octanol–water partition coefficient (Wildman–Crippen LogP) is 10.5. The summed E-state index contributed by atoms with van der Waals surface area (Å²) in [5.41, 5.74) is 18.9. The van der Waals surface area contributed by atoms with E-state index in [0.717, 1.165) is 12.8 Å². The van der Waals surface area contributed by atoms with Gasteiger partial charge in [-0.15, -0.1) is 0 Å². The molecule has 5 aromatic carbocycles. The normalized spacial score (nSPS) is 19.2. The molecule has 5 aromatic rings. The molecule has 2 heterocycles. The highest BCUT2D eigenvalue weighted by molar-refractivity contribution is 5.94.